The number of thiazole rings is 1. The average Bonchev–Trinajstić information content (AvgIpc) is 2.88. The van der Waals surface area contributed by atoms with Crippen LogP contribution in [-0.4, -0.2) is 16.2 Å². The molecule has 1 N–H and O–H groups in total. The summed E-state index contributed by atoms with van der Waals surface area (Å²) in [6.45, 7) is 4.52. The zero-order chi connectivity index (χ0) is 12.3. The number of hydrogen-bond donors (Lipinski definition) is 1. The lowest BCUT2D eigenvalue weighted by Crippen LogP contribution is -2.35. The zero-order valence-electron chi connectivity index (χ0n) is 10.9. The minimum Gasteiger partial charge on any atom is -0.392 e. The summed E-state index contributed by atoms with van der Waals surface area (Å²) in [5.41, 5.74) is 0.167. The molecule has 1 aliphatic carbocycles. The Labute approximate surface area is 108 Å². The van der Waals surface area contributed by atoms with Crippen molar-refractivity contribution in [1.29, 1.82) is 0 Å². The lowest BCUT2D eigenvalue weighted by atomic mass is 9.73. The summed E-state index contributed by atoms with van der Waals surface area (Å²) in [6.07, 6.45) is 8.46. The number of aliphatic hydroxyl groups excluding tert-OH is 1. The minimum atomic E-state index is -0.210. The third-order valence-electron chi connectivity index (χ3n) is 3.97. The molecule has 1 atom stereocenters. The fraction of sp³-hybridized carbons (Fsp3) is 0.786. The highest BCUT2D eigenvalue weighted by Crippen LogP contribution is 2.46. The van der Waals surface area contributed by atoms with Crippen LogP contribution < -0.4 is 0 Å². The lowest BCUT2D eigenvalue weighted by Gasteiger charge is -2.35. The first-order valence-electron chi connectivity index (χ1n) is 6.69. The van der Waals surface area contributed by atoms with Gasteiger partial charge in [0.15, 0.2) is 0 Å². The molecule has 1 aliphatic rings. The second kappa shape index (κ2) is 5.49. The molecule has 2 nitrogen and oxygen atoms in total. The maximum atomic E-state index is 10.6. The normalized spacial score (nSPS) is 20.9. The highest BCUT2D eigenvalue weighted by atomic mass is 32.1. The van der Waals surface area contributed by atoms with Gasteiger partial charge >= 0.3 is 0 Å². The van der Waals surface area contributed by atoms with Crippen LogP contribution in [0.3, 0.4) is 0 Å². The van der Waals surface area contributed by atoms with Crippen molar-refractivity contribution in [3.05, 3.63) is 16.6 Å². The van der Waals surface area contributed by atoms with Crippen LogP contribution in [0.2, 0.25) is 0 Å². The maximum Gasteiger partial charge on any atom is 0.0950 e. The molecule has 96 valence electrons. The fourth-order valence-electron chi connectivity index (χ4n) is 3.30. The van der Waals surface area contributed by atoms with Crippen LogP contribution in [0.15, 0.2) is 11.6 Å². The van der Waals surface area contributed by atoms with Crippen LogP contribution >= 0.6 is 11.3 Å². The number of aliphatic hydroxyl groups is 1. The topological polar surface area (TPSA) is 33.1 Å². The monoisotopic (exact) mass is 253 g/mol. The van der Waals surface area contributed by atoms with Gasteiger partial charge in [-0.25, -0.2) is 4.98 Å². The quantitative estimate of drug-likeness (QED) is 0.869. The van der Waals surface area contributed by atoms with Crippen molar-refractivity contribution in [1.82, 2.24) is 4.98 Å². The second-order valence-electron chi connectivity index (χ2n) is 5.81. The van der Waals surface area contributed by atoms with Gasteiger partial charge in [0.2, 0.25) is 0 Å². The summed E-state index contributed by atoms with van der Waals surface area (Å²) in [6, 6.07) is 0. The smallest absolute Gasteiger partial charge is 0.0950 e. The fourth-order valence-corrected chi connectivity index (χ4v) is 3.96. The van der Waals surface area contributed by atoms with Crippen LogP contribution in [0.1, 0.15) is 51.0 Å². The van der Waals surface area contributed by atoms with Gasteiger partial charge in [-0.2, -0.15) is 0 Å². The predicted molar refractivity (Wildman–Crippen MR) is 72.2 cm³/mol. The van der Waals surface area contributed by atoms with Crippen molar-refractivity contribution < 1.29 is 5.11 Å². The highest BCUT2D eigenvalue weighted by molar-refractivity contribution is 7.09. The molecule has 0 radical (unpaired) electrons. The van der Waals surface area contributed by atoms with E-state index >= 15 is 0 Å². The summed E-state index contributed by atoms with van der Waals surface area (Å²) < 4.78 is 0. The second-order valence-corrected chi connectivity index (χ2v) is 6.79. The Kier molecular flexibility index (Phi) is 4.21. The molecule has 1 aromatic heterocycles. The Balaban J connectivity index is 2.05. The van der Waals surface area contributed by atoms with E-state index in [1.165, 1.54) is 25.7 Å². The summed E-state index contributed by atoms with van der Waals surface area (Å²) in [5.74, 6) is 0.666. The van der Waals surface area contributed by atoms with E-state index in [1.54, 1.807) is 11.3 Å². The van der Waals surface area contributed by atoms with Crippen LogP contribution in [0.25, 0.3) is 0 Å². The third-order valence-corrected chi connectivity index (χ3v) is 4.77. The molecule has 1 aromatic rings. The van der Waals surface area contributed by atoms with Gasteiger partial charge in [0.05, 0.1) is 11.1 Å². The summed E-state index contributed by atoms with van der Waals surface area (Å²) >= 11 is 1.66. The van der Waals surface area contributed by atoms with E-state index in [0.29, 0.717) is 5.92 Å². The Hall–Kier alpha value is -0.410. The van der Waals surface area contributed by atoms with E-state index < -0.39 is 0 Å². The van der Waals surface area contributed by atoms with Gasteiger partial charge in [-0.15, -0.1) is 11.3 Å². The molecule has 2 rings (SSSR count). The number of aromatic nitrogens is 1. The molecular formula is C14H23NOS. The van der Waals surface area contributed by atoms with E-state index in [4.69, 9.17) is 0 Å². The summed E-state index contributed by atoms with van der Waals surface area (Å²) in [7, 11) is 0. The van der Waals surface area contributed by atoms with E-state index in [1.807, 2.05) is 11.6 Å². The first kappa shape index (κ1) is 13.0. The van der Waals surface area contributed by atoms with Crippen LogP contribution in [0.5, 0.6) is 0 Å². The average molecular weight is 253 g/mol. The number of nitrogens with zero attached hydrogens (tertiary/aromatic N) is 1. The summed E-state index contributed by atoms with van der Waals surface area (Å²) in [4.78, 5) is 4.30. The first-order valence-corrected chi connectivity index (χ1v) is 7.57. The Morgan fingerprint density at radius 2 is 2.12 bits per heavy atom. The molecule has 0 aromatic carbocycles. The third kappa shape index (κ3) is 3.08. The highest BCUT2D eigenvalue weighted by Gasteiger charge is 2.40. The van der Waals surface area contributed by atoms with Crippen molar-refractivity contribution >= 4 is 11.3 Å². The molecule has 0 amide bonds. The Morgan fingerprint density at radius 1 is 1.41 bits per heavy atom. The molecule has 0 bridgehead atoms. The van der Waals surface area contributed by atoms with Crippen molar-refractivity contribution in [2.45, 2.75) is 58.5 Å². The largest absolute Gasteiger partial charge is 0.392 e. The van der Waals surface area contributed by atoms with Gasteiger partial charge in [0, 0.05) is 18.0 Å². The molecule has 17 heavy (non-hydrogen) atoms. The standard InChI is InChI=1S/C14H23NOS/c1-11(2)10-14(5-3-4-6-14)12(16)9-13-15-7-8-17-13/h7-8,11-12,16H,3-6,9-10H2,1-2H3. The lowest BCUT2D eigenvalue weighted by molar-refractivity contribution is 0.0133. The molecular weight excluding hydrogens is 230 g/mol. The van der Waals surface area contributed by atoms with Gasteiger partial charge in [-0.3, -0.25) is 0 Å². The summed E-state index contributed by atoms with van der Waals surface area (Å²) in [5, 5.41) is 13.7. The minimum absolute atomic E-state index is 0.167. The predicted octanol–water partition coefficient (Wildman–Crippen LogP) is 3.65. The maximum absolute atomic E-state index is 10.6. The molecule has 0 aliphatic heterocycles. The van der Waals surface area contributed by atoms with Gasteiger partial charge < -0.3 is 5.11 Å². The van der Waals surface area contributed by atoms with E-state index in [-0.39, 0.29) is 11.5 Å². The van der Waals surface area contributed by atoms with Crippen LogP contribution in [0, 0.1) is 11.3 Å². The van der Waals surface area contributed by atoms with Crippen molar-refractivity contribution in [3.63, 3.8) is 0 Å². The zero-order valence-corrected chi connectivity index (χ0v) is 11.7. The van der Waals surface area contributed by atoms with Gasteiger partial charge in [-0.05, 0) is 30.6 Å². The van der Waals surface area contributed by atoms with Gasteiger partial charge in [-0.1, -0.05) is 26.7 Å². The molecule has 3 heteroatoms. The SMILES string of the molecule is CC(C)CC1(C(O)Cc2nccs2)CCCC1. The van der Waals surface area contributed by atoms with E-state index in [2.05, 4.69) is 18.8 Å². The Morgan fingerprint density at radius 3 is 2.65 bits per heavy atom. The molecule has 1 heterocycles. The van der Waals surface area contributed by atoms with Crippen molar-refractivity contribution in [2.24, 2.45) is 11.3 Å². The molecule has 0 spiro atoms. The first-order chi connectivity index (χ1) is 8.12. The Bertz CT molecular complexity index is 328. The van der Waals surface area contributed by atoms with E-state index in [9.17, 15) is 5.11 Å². The van der Waals surface area contributed by atoms with Crippen LogP contribution in [0.4, 0.5) is 0 Å². The van der Waals surface area contributed by atoms with Crippen LogP contribution in [-0.2, 0) is 6.42 Å². The van der Waals surface area contributed by atoms with Crippen molar-refractivity contribution in [2.75, 3.05) is 0 Å². The van der Waals surface area contributed by atoms with Crippen molar-refractivity contribution in [3.8, 4) is 0 Å². The van der Waals surface area contributed by atoms with E-state index in [0.717, 1.165) is 17.8 Å². The number of rotatable bonds is 5. The molecule has 0 saturated heterocycles. The molecule has 1 unspecified atom stereocenters. The molecule has 1 fully saturated rings. The van der Waals surface area contributed by atoms with Gasteiger partial charge in [0.25, 0.3) is 0 Å². The number of hydrogen-bond acceptors (Lipinski definition) is 3. The molecule has 1 saturated carbocycles. The van der Waals surface area contributed by atoms with Gasteiger partial charge in [0.1, 0.15) is 0 Å².